The zero-order valence-corrected chi connectivity index (χ0v) is 12.8. The molecule has 0 bridgehead atoms. The first-order chi connectivity index (χ1) is 10.1. The van der Waals surface area contributed by atoms with Gasteiger partial charge in [0.2, 0.25) is 5.91 Å². The van der Waals surface area contributed by atoms with Crippen LogP contribution in [-0.2, 0) is 17.8 Å². The Morgan fingerprint density at radius 1 is 1.48 bits per heavy atom. The Morgan fingerprint density at radius 3 is 3.10 bits per heavy atom. The Labute approximate surface area is 130 Å². The SMILES string of the molecule is O=C(CN1CCc2cc(Br)cc(F)c21)NCc1ccco1. The number of anilines is 1. The highest BCUT2D eigenvalue weighted by Crippen LogP contribution is 2.33. The van der Waals surface area contributed by atoms with Gasteiger partial charge in [0, 0.05) is 11.0 Å². The number of amides is 1. The van der Waals surface area contributed by atoms with Gasteiger partial charge in [0.05, 0.1) is 25.0 Å². The van der Waals surface area contributed by atoms with Gasteiger partial charge >= 0.3 is 0 Å². The summed E-state index contributed by atoms with van der Waals surface area (Å²) in [4.78, 5) is 13.7. The van der Waals surface area contributed by atoms with Crippen LogP contribution < -0.4 is 10.2 Å². The molecule has 0 spiro atoms. The summed E-state index contributed by atoms with van der Waals surface area (Å²) in [5.74, 6) is 0.248. The molecule has 4 nitrogen and oxygen atoms in total. The standard InChI is InChI=1S/C15H14BrFN2O2/c16-11-6-10-3-4-19(15(10)13(17)7-11)9-14(20)18-8-12-2-1-5-21-12/h1-2,5-7H,3-4,8-9H2,(H,18,20). The summed E-state index contributed by atoms with van der Waals surface area (Å²) in [6.07, 6.45) is 2.31. The smallest absolute Gasteiger partial charge is 0.239 e. The second kappa shape index (κ2) is 5.89. The van der Waals surface area contributed by atoms with Crippen LogP contribution in [0.5, 0.6) is 0 Å². The molecule has 6 heteroatoms. The molecule has 2 aromatic rings. The van der Waals surface area contributed by atoms with Gasteiger partial charge < -0.3 is 14.6 Å². The minimum Gasteiger partial charge on any atom is -0.467 e. The maximum absolute atomic E-state index is 14.0. The number of benzene rings is 1. The molecule has 0 unspecified atom stereocenters. The third-order valence-corrected chi connectivity index (χ3v) is 3.91. The van der Waals surface area contributed by atoms with E-state index in [1.54, 1.807) is 23.3 Å². The van der Waals surface area contributed by atoms with Crippen LogP contribution in [0.1, 0.15) is 11.3 Å². The molecule has 3 rings (SSSR count). The summed E-state index contributed by atoms with van der Waals surface area (Å²) in [7, 11) is 0. The van der Waals surface area contributed by atoms with E-state index in [0.717, 1.165) is 16.5 Å². The lowest BCUT2D eigenvalue weighted by atomic mass is 10.1. The second-order valence-electron chi connectivity index (χ2n) is 4.92. The zero-order chi connectivity index (χ0) is 14.8. The molecule has 1 aromatic carbocycles. The highest BCUT2D eigenvalue weighted by atomic mass is 79.9. The number of nitrogens with zero attached hydrogens (tertiary/aromatic N) is 1. The third kappa shape index (κ3) is 3.10. The van der Waals surface area contributed by atoms with E-state index < -0.39 is 0 Å². The number of hydrogen-bond donors (Lipinski definition) is 1. The van der Waals surface area contributed by atoms with Crippen molar-refractivity contribution in [1.29, 1.82) is 0 Å². The summed E-state index contributed by atoms with van der Waals surface area (Å²) in [6, 6.07) is 6.89. The van der Waals surface area contributed by atoms with E-state index in [1.807, 2.05) is 6.07 Å². The Hall–Kier alpha value is -1.82. The van der Waals surface area contributed by atoms with Crippen molar-refractivity contribution in [3.63, 3.8) is 0 Å². The molecule has 0 saturated carbocycles. The molecule has 1 aliphatic heterocycles. The lowest BCUT2D eigenvalue weighted by Gasteiger charge is -2.19. The highest BCUT2D eigenvalue weighted by molar-refractivity contribution is 9.10. The second-order valence-corrected chi connectivity index (χ2v) is 5.84. The van der Waals surface area contributed by atoms with Gasteiger partial charge in [-0.3, -0.25) is 4.79 Å². The fourth-order valence-corrected chi connectivity index (χ4v) is 2.99. The van der Waals surface area contributed by atoms with Crippen LogP contribution in [0.2, 0.25) is 0 Å². The van der Waals surface area contributed by atoms with E-state index in [9.17, 15) is 9.18 Å². The van der Waals surface area contributed by atoms with E-state index in [-0.39, 0.29) is 18.3 Å². The van der Waals surface area contributed by atoms with Gasteiger partial charge in [0.1, 0.15) is 11.6 Å². The highest BCUT2D eigenvalue weighted by Gasteiger charge is 2.25. The van der Waals surface area contributed by atoms with E-state index in [0.29, 0.717) is 24.5 Å². The van der Waals surface area contributed by atoms with Crippen molar-refractivity contribution in [2.75, 3.05) is 18.0 Å². The number of carbonyl (C=O) groups is 1. The lowest BCUT2D eigenvalue weighted by Crippen LogP contribution is -2.36. The summed E-state index contributed by atoms with van der Waals surface area (Å²) in [6.45, 7) is 1.14. The van der Waals surface area contributed by atoms with Crippen LogP contribution >= 0.6 is 15.9 Å². The van der Waals surface area contributed by atoms with E-state index in [4.69, 9.17) is 4.42 Å². The molecule has 0 radical (unpaired) electrons. The van der Waals surface area contributed by atoms with Crippen LogP contribution in [-0.4, -0.2) is 19.0 Å². The van der Waals surface area contributed by atoms with Crippen LogP contribution in [0.4, 0.5) is 10.1 Å². The molecule has 110 valence electrons. The molecule has 1 amide bonds. The van der Waals surface area contributed by atoms with Crippen LogP contribution in [0, 0.1) is 5.82 Å². The number of halogens is 2. The van der Waals surface area contributed by atoms with Crippen molar-refractivity contribution in [2.24, 2.45) is 0 Å². The zero-order valence-electron chi connectivity index (χ0n) is 11.2. The number of nitrogens with one attached hydrogen (secondary N) is 1. The summed E-state index contributed by atoms with van der Waals surface area (Å²) < 4.78 is 19.9. The first-order valence-corrected chi connectivity index (χ1v) is 7.45. The Bertz CT molecular complexity index is 658. The van der Waals surface area contributed by atoms with Gasteiger partial charge in [-0.15, -0.1) is 0 Å². The van der Waals surface area contributed by atoms with Crippen molar-refractivity contribution >= 4 is 27.5 Å². The predicted molar refractivity (Wildman–Crippen MR) is 80.6 cm³/mol. The van der Waals surface area contributed by atoms with E-state index >= 15 is 0 Å². The summed E-state index contributed by atoms with van der Waals surface area (Å²) >= 11 is 3.29. The van der Waals surface area contributed by atoms with Gasteiger partial charge in [-0.05, 0) is 36.2 Å². The number of rotatable bonds is 4. The largest absolute Gasteiger partial charge is 0.467 e. The molecule has 0 saturated heterocycles. The van der Waals surface area contributed by atoms with Gasteiger partial charge in [0.15, 0.2) is 0 Å². The Kier molecular flexibility index (Phi) is 3.96. The first-order valence-electron chi connectivity index (χ1n) is 6.65. The Balaban J connectivity index is 1.64. The number of hydrogen-bond acceptors (Lipinski definition) is 3. The van der Waals surface area contributed by atoms with Gasteiger partial charge in [-0.1, -0.05) is 15.9 Å². The molecule has 1 N–H and O–H groups in total. The molecule has 0 aliphatic carbocycles. The minimum atomic E-state index is -0.296. The number of carbonyl (C=O) groups excluding carboxylic acids is 1. The molecule has 2 heterocycles. The maximum Gasteiger partial charge on any atom is 0.239 e. The predicted octanol–water partition coefficient (Wildman–Crippen LogP) is 2.86. The van der Waals surface area contributed by atoms with Crippen molar-refractivity contribution in [3.8, 4) is 0 Å². The maximum atomic E-state index is 14.0. The topological polar surface area (TPSA) is 45.5 Å². The van der Waals surface area contributed by atoms with Gasteiger partial charge in [-0.25, -0.2) is 4.39 Å². The number of furan rings is 1. The van der Waals surface area contributed by atoms with Crippen LogP contribution in [0.15, 0.2) is 39.4 Å². The van der Waals surface area contributed by atoms with Crippen LogP contribution in [0.3, 0.4) is 0 Å². The first kappa shape index (κ1) is 14.1. The quantitative estimate of drug-likeness (QED) is 0.920. The third-order valence-electron chi connectivity index (χ3n) is 3.45. The average Bonchev–Trinajstić information content (AvgIpc) is 3.06. The van der Waals surface area contributed by atoms with E-state index in [1.165, 1.54) is 6.07 Å². The molecular weight excluding hydrogens is 339 g/mol. The lowest BCUT2D eigenvalue weighted by molar-refractivity contribution is -0.120. The molecule has 0 atom stereocenters. The summed E-state index contributed by atoms with van der Waals surface area (Å²) in [5.41, 5.74) is 1.46. The van der Waals surface area contributed by atoms with Gasteiger partial charge in [-0.2, -0.15) is 0 Å². The van der Waals surface area contributed by atoms with Crippen molar-refractivity contribution < 1.29 is 13.6 Å². The normalized spacial score (nSPS) is 13.3. The van der Waals surface area contributed by atoms with Crippen molar-refractivity contribution in [3.05, 3.63) is 52.1 Å². The fourth-order valence-electron chi connectivity index (χ4n) is 2.52. The van der Waals surface area contributed by atoms with Crippen molar-refractivity contribution in [2.45, 2.75) is 13.0 Å². The Morgan fingerprint density at radius 2 is 2.33 bits per heavy atom. The van der Waals surface area contributed by atoms with E-state index in [2.05, 4.69) is 21.2 Å². The number of fused-ring (bicyclic) bond motifs is 1. The molecular formula is C15H14BrFN2O2. The molecule has 1 aromatic heterocycles. The van der Waals surface area contributed by atoms with Gasteiger partial charge in [0.25, 0.3) is 0 Å². The summed E-state index contributed by atoms with van der Waals surface area (Å²) in [5, 5.41) is 2.77. The molecule has 0 fully saturated rings. The van der Waals surface area contributed by atoms with Crippen LogP contribution in [0.25, 0.3) is 0 Å². The molecule has 1 aliphatic rings. The minimum absolute atomic E-state index is 0.145. The average molecular weight is 353 g/mol. The monoisotopic (exact) mass is 352 g/mol. The molecule has 21 heavy (non-hydrogen) atoms. The fraction of sp³-hybridized carbons (Fsp3) is 0.267. The van der Waals surface area contributed by atoms with Crippen molar-refractivity contribution in [1.82, 2.24) is 5.32 Å².